The Hall–Kier alpha value is -1.49. The molecule has 0 spiro atoms. The van der Waals surface area contributed by atoms with Crippen molar-refractivity contribution in [3.05, 3.63) is 47.0 Å². The van der Waals surface area contributed by atoms with Crippen molar-refractivity contribution in [2.24, 2.45) is 5.41 Å². The van der Waals surface area contributed by atoms with Gasteiger partial charge in [0.2, 0.25) is 0 Å². The zero-order valence-corrected chi connectivity index (χ0v) is 13.1. The number of hydrogen-bond acceptors (Lipinski definition) is 4. The largest absolute Gasteiger partial charge is 0.365 e. The third-order valence-electron chi connectivity index (χ3n) is 3.64. The quantitative estimate of drug-likeness (QED) is 0.527. The summed E-state index contributed by atoms with van der Waals surface area (Å²) in [5.41, 5.74) is 0.967. The molecular formula is C17H22O4. The fraction of sp³-hybridized carbons (Fsp3) is 0.471. The Bertz CT molecular complexity index is 583. The Kier molecular flexibility index (Phi) is 4.06. The molecule has 0 unspecified atom stereocenters. The van der Waals surface area contributed by atoms with Gasteiger partial charge in [0, 0.05) is 16.5 Å². The average molecular weight is 290 g/mol. The first-order valence-corrected chi connectivity index (χ1v) is 7.01. The second kappa shape index (κ2) is 5.37. The number of rotatable bonds is 3. The number of carbonyl (C=O) groups excluding carboxylic acids is 1. The van der Waals surface area contributed by atoms with Crippen molar-refractivity contribution < 1.29 is 19.7 Å². The van der Waals surface area contributed by atoms with E-state index in [1.807, 2.05) is 46.8 Å². The van der Waals surface area contributed by atoms with Crippen LogP contribution in [-0.2, 0) is 15.4 Å². The standard InChI is InChI=1S/C17H22O4/c1-11-7-6-8-12-13(18)9-10-17(5,14(11)12)21-20-15(19)16(2,3)4/h6-10,15,19H,1-5H3/t15-,17-/m0/s1. The lowest BCUT2D eigenvalue weighted by atomic mass is 9.82. The molecule has 0 heterocycles. The SMILES string of the molecule is Cc1cccc2c1[C@@](C)(OO[C@H](O)C(C)(C)C)C=CC2=O. The summed E-state index contributed by atoms with van der Waals surface area (Å²) in [7, 11) is 0. The highest BCUT2D eigenvalue weighted by Crippen LogP contribution is 2.37. The maximum atomic E-state index is 12.0. The monoisotopic (exact) mass is 290 g/mol. The Morgan fingerprint density at radius 1 is 1.29 bits per heavy atom. The van der Waals surface area contributed by atoms with Crippen molar-refractivity contribution >= 4 is 5.78 Å². The molecule has 1 aliphatic carbocycles. The molecule has 1 aromatic rings. The summed E-state index contributed by atoms with van der Waals surface area (Å²) < 4.78 is 0. The van der Waals surface area contributed by atoms with Gasteiger partial charge in [0.05, 0.1) is 0 Å². The summed E-state index contributed by atoms with van der Waals surface area (Å²) >= 11 is 0. The average Bonchev–Trinajstić information content (AvgIpc) is 2.40. The van der Waals surface area contributed by atoms with Crippen LogP contribution in [0.5, 0.6) is 0 Å². The molecule has 2 atom stereocenters. The van der Waals surface area contributed by atoms with E-state index in [4.69, 9.17) is 9.78 Å². The zero-order valence-electron chi connectivity index (χ0n) is 13.1. The van der Waals surface area contributed by atoms with Crippen LogP contribution in [0.3, 0.4) is 0 Å². The number of benzene rings is 1. The summed E-state index contributed by atoms with van der Waals surface area (Å²) in [5, 5.41) is 9.96. The van der Waals surface area contributed by atoms with Crippen LogP contribution < -0.4 is 0 Å². The number of allylic oxidation sites excluding steroid dienone is 1. The smallest absolute Gasteiger partial charge is 0.193 e. The summed E-state index contributed by atoms with van der Waals surface area (Å²) in [4.78, 5) is 22.7. The summed E-state index contributed by atoms with van der Waals surface area (Å²) in [6.07, 6.45) is 2.09. The number of carbonyl (C=O) groups is 1. The molecule has 0 saturated carbocycles. The minimum absolute atomic E-state index is 0.0499. The van der Waals surface area contributed by atoms with Crippen LogP contribution in [0.25, 0.3) is 0 Å². The van der Waals surface area contributed by atoms with Gasteiger partial charge in [-0.15, -0.1) is 0 Å². The minimum atomic E-state index is -1.06. The van der Waals surface area contributed by atoms with Gasteiger partial charge in [0.1, 0.15) is 5.60 Å². The number of aryl methyl sites for hydroxylation is 1. The van der Waals surface area contributed by atoms with Crippen LogP contribution >= 0.6 is 0 Å². The van der Waals surface area contributed by atoms with E-state index in [-0.39, 0.29) is 5.78 Å². The molecule has 0 radical (unpaired) electrons. The lowest BCUT2D eigenvalue weighted by Gasteiger charge is -2.34. The number of aliphatic hydroxyl groups excluding tert-OH is 1. The molecular weight excluding hydrogens is 268 g/mol. The van der Waals surface area contributed by atoms with Crippen molar-refractivity contribution in [1.29, 1.82) is 0 Å². The second-order valence-electron chi connectivity index (χ2n) is 6.70. The molecule has 1 aromatic carbocycles. The molecule has 2 rings (SSSR count). The number of hydrogen-bond donors (Lipinski definition) is 1. The first kappa shape index (κ1) is 15.9. The topological polar surface area (TPSA) is 55.8 Å². The van der Waals surface area contributed by atoms with Gasteiger partial charge in [-0.25, -0.2) is 9.78 Å². The zero-order chi connectivity index (χ0) is 15.8. The van der Waals surface area contributed by atoms with E-state index < -0.39 is 17.3 Å². The fourth-order valence-corrected chi connectivity index (χ4v) is 2.30. The molecule has 1 aliphatic rings. The fourth-order valence-electron chi connectivity index (χ4n) is 2.30. The molecule has 0 aliphatic heterocycles. The molecule has 0 amide bonds. The van der Waals surface area contributed by atoms with Gasteiger partial charge in [-0.05, 0) is 31.6 Å². The van der Waals surface area contributed by atoms with Crippen molar-refractivity contribution in [2.45, 2.75) is 46.5 Å². The number of aliphatic hydroxyl groups is 1. The lowest BCUT2D eigenvalue weighted by molar-refractivity contribution is -0.427. The maximum Gasteiger partial charge on any atom is 0.193 e. The predicted molar refractivity (Wildman–Crippen MR) is 79.6 cm³/mol. The van der Waals surface area contributed by atoms with E-state index >= 15 is 0 Å². The molecule has 0 aromatic heterocycles. The Morgan fingerprint density at radius 2 is 1.95 bits per heavy atom. The normalized spacial score (nSPS) is 23.0. The molecule has 0 saturated heterocycles. The van der Waals surface area contributed by atoms with Gasteiger partial charge in [0.15, 0.2) is 12.1 Å². The summed E-state index contributed by atoms with van der Waals surface area (Å²) in [6.45, 7) is 9.29. The number of ketones is 1. The number of fused-ring (bicyclic) bond motifs is 1. The first-order valence-electron chi connectivity index (χ1n) is 7.01. The molecule has 114 valence electrons. The highest BCUT2D eigenvalue weighted by Gasteiger charge is 2.37. The van der Waals surface area contributed by atoms with Crippen LogP contribution in [0.15, 0.2) is 30.4 Å². The Balaban J connectivity index is 2.32. The molecule has 21 heavy (non-hydrogen) atoms. The molecule has 0 bridgehead atoms. The van der Waals surface area contributed by atoms with Crippen molar-refractivity contribution in [1.82, 2.24) is 0 Å². The second-order valence-corrected chi connectivity index (χ2v) is 6.70. The lowest BCUT2D eigenvalue weighted by Crippen LogP contribution is -2.36. The summed E-state index contributed by atoms with van der Waals surface area (Å²) in [5.74, 6) is -0.0499. The Labute approximate surface area is 125 Å². The highest BCUT2D eigenvalue weighted by molar-refractivity contribution is 6.07. The van der Waals surface area contributed by atoms with E-state index in [0.29, 0.717) is 5.56 Å². The van der Waals surface area contributed by atoms with E-state index in [2.05, 4.69) is 0 Å². The van der Waals surface area contributed by atoms with Crippen LogP contribution in [0.2, 0.25) is 0 Å². The first-order chi connectivity index (χ1) is 9.65. The van der Waals surface area contributed by atoms with Crippen LogP contribution in [0.1, 0.15) is 49.2 Å². The van der Waals surface area contributed by atoms with Crippen LogP contribution in [0.4, 0.5) is 0 Å². The van der Waals surface area contributed by atoms with E-state index in [1.54, 1.807) is 12.1 Å². The van der Waals surface area contributed by atoms with Crippen molar-refractivity contribution in [2.75, 3.05) is 0 Å². The highest BCUT2D eigenvalue weighted by atomic mass is 17.2. The van der Waals surface area contributed by atoms with E-state index in [0.717, 1.165) is 11.1 Å². The maximum absolute atomic E-state index is 12.0. The molecule has 1 N–H and O–H groups in total. The van der Waals surface area contributed by atoms with Gasteiger partial charge >= 0.3 is 0 Å². The van der Waals surface area contributed by atoms with Crippen molar-refractivity contribution in [3.63, 3.8) is 0 Å². The van der Waals surface area contributed by atoms with E-state index in [9.17, 15) is 9.90 Å². The van der Waals surface area contributed by atoms with Gasteiger partial charge < -0.3 is 5.11 Å². The third kappa shape index (κ3) is 3.07. The molecule has 4 heteroatoms. The third-order valence-corrected chi connectivity index (χ3v) is 3.64. The summed E-state index contributed by atoms with van der Waals surface area (Å²) in [6, 6.07) is 5.54. The van der Waals surface area contributed by atoms with Gasteiger partial charge in [-0.2, -0.15) is 0 Å². The van der Waals surface area contributed by atoms with E-state index in [1.165, 1.54) is 6.08 Å². The van der Waals surface area contributed by atoms with Crippen molar-refractivity contribution in [3.8, 4) is 0 Å². The van der Waals surface area contributed by atoms with Crippen LogP contribution in [0, 0.1) is 12.3 Å². The predicted octanol–water partition coefficient (Wildman–Crippen LogP) is 3.28. The molecule has 4 nitrogen and oxygen atoms in total. The van der Waals surface area contributed by atoms with Gasteiger partial charge in [0.25, 0.3) is 0 Å². The van der Waals surface area contributed by atoms with Gasteiger partial charge in [-0.1, -0.05) is 39.0 Å². The molecule has 0 fully saturated rings. The van der Waals surface area contributed by atoms with Gasteiger partial charge in [-0.3, -0.25) is 4.79 Å². The Morgan fingerprint density at radius 3 is 2.57 bits per heavy atom. The minimum Gasteiger partial charge on any atom is -0.365 e. The van der Waals surface area contributed by atoms with Crippen LogP contribution in [-0.4, -0.2) is 17.2 Å².